The summed E-state index contributed by atoms with van der Waals surface area (Å²) in [5.74, 6) is 0.940. The summed E-state index contributed by atoms with van der Waals surface area (Å²) in [5, 5.41) is 7.83. The molecule has 0 aliphatic heterocycles. The molecule has 1 N–H and O–H groups in total. The lowest BCUT2D eigenvalue weighted by atomic mass is 10.1. The van der Waals surface area contributed by atoms with Crippen LogP contribution in [0.2, 0.25) is 0 Å². The summed E-state index contributed by atoms with van der Waals surface area (Å²) in [6.07, 6.45) is 5.79. The van der Waals surface area contributed by atoms with Gasteiger partial charge in [0.2, 0.25) is 0 Å². The molecule has 0 fully saturated rings. The first-order valence-corrected chi connectivity index (χ1v) is 6.78. The van der Waals surface area contributed by atoms with Crippen molar-refractivity contribution in [2.24, 2.45) is 0 Å². The summed E-state index contributed by atoms with van der Waals surface area (Å²) in [6.45, 7) is 7.16. The molecule has 108 valence electrons. The molecule has 0 bridgehead atoms. The molecule has 0 radical (unpaired) electrons. The Morgan fingerprint density at radius 3 is 2.65 bits per heavy atom. The van der Waals surface area contributed by atoms with Crippen LogP contribution in [0, 0.1) is 0 Å². The van der Waals surface area contributed by atoms with E-state index in [0.717, 1.165) is 23.6 Å². The number of nitrogens with one attached hydrogen (secondary N) is 1. The third-order valence-electron chi connectivity index (χ3n) is 3.02. The molecular formula is C15H23N5. The Morgan fingerprint density at radius 1 is 1.30 bits per heavy atom. The lowest BCUT2D eigenvalue weighted by Gasteiger charge is -2.19. The summed E-state index contributed by atoms with van der Waals surface area (Å²) in [6, 6.07) is 3.98. The minimum Gasteiger partial charge on any atom is -0.378 e. The van der Waals surface area contributed by atoms with Crippen LogP contribution in [0.3, 0.4) is 0 Å². The fourth-order valence-corrected chi connectivity index (χ4v) is 1.91. The Kier molecular flexibility index (Phi) is 3.97. The number of aromatic nitrogens is 3. The maximum absolute atomic E-state index is 4.41. The highest BCUT2D eigenvalue weighted by Gasteiger charge is 2.14. The number of rotatable bonds is 4. The smallest absolute Gasteiger partial charge is 0.151 e. The molecule has 0 amide bonds. The Balaban J connectivity index is 2.08. The first-order valence-electron chi connectivity index (χ1n) is 6.78. The van der Waals surface area contributed by atoms with Gasteiger partial charge in [-0.3, -0.25) is 4.68 Å². The molecule has 0 aliphatic rings. The Hall–Kier alpha value is -2.04. The molecule has 0 atom stereocenters. The van der Waals surface area contributed by atoms with Crippen LogP contribution in [0.15, 0.2) is 30.7 Å². The molecule has 0 spiro atoms. The van der Waals surface area contributed by atoms with Gasteiger partial charge in [-0.05, 0) is 32.9 Å². The first-order chi connectivity index (χ1) is 9.38. The molecule has 2 aromatic rings. The van der Waals surface area contributed by atoms with Crippen molar-refractivity contribution in [1.82, 2.24) is 14.8 Å². The SMILES string of the molecule is CN(C)c1ncccc1NCc1cnn(C(C)(C)C)c1. The van der Waals surface area contributed by atoms with Gasteiger partial charge in [0, 0.05) is 38.6 Å². The summed E-state index contributed by atoms with van der Waals surface area (Å²) in [7, 11) is 3.98. The van der Waals surface area contributed by atoms with Gasteiger partial charge in [-0.1, -0.05) is 0 Å². The minimum atomic E-state index is 0.0152. The summed E-state index contributed by atoms with van der Waals surface area (Å²) in [4.78, 5) is 6.38. The zero-order valence-electron chi connectivity index (χ0n) is 12.9. The van der Waals surface area contributed by atoms with E-state index in [4.69, 9.17) is 0 Å². The van der Waals surface area contributed by atoms with Crippen LogP contribution >= 0.6 is 0 Å². The first kappa shape index (κ1) is 14.4. The maximum atomic E-state index is 4.41. The lowest BCUT2D eigenvalue weighted by molar-refractivity contribution is 0.355. The average Bonchev–Trinajstić information content (AvgIpc) is 2.85. The average molecular weight is 273 g/mol. The standard InChI is InChI=1S/C15H23N5/c1-15(2,3)20-11-12(10-18-20)9-17-13-7-6-8-16-14(13)19(4)5/h6-8,10-11,17H,9H2,1-5H3. The summed E-state index contributed by atoms with van der Waals surface area (Å²) in [5.41, 5.74) is 2.20. The van der Waals surface area contributed by atoms with Gasteiger partial charge in [0.1, 0.15) is 0 Å². The number of pyridine rings is 1. The molecule has 5 heteroatoms. The zero-order valence-corrected chi connectivity index (χ0v) is 12.9. The molecule has 20 heavy (non-hydrogen) atoms. The molecule has 0 aliphatic carbocycles. The van der Waals surface area contributed by atoms with Gasteiger partial charge < -0.3 is 10.2 Å². The van der Waals surface area contributed by atoms with Crippen molar-refractivity contribution < 1.29 is 0 Å². The van der Waals surface area contributed by atoms with Gasteiger partial charge in [0.15, 0.2) is 5.82 Å². The molecule has 2 aromatic heterocycles. The zero-order chi connectivity index (χ0) is 14.8. The van der Waals surface area contributed by atoms with Crippen LogP contribution < -0.4 is 10.2 Å². The van der Waals surface area contributed by atoms with E-state index in [1.165, 1.54) is 0 Å². The summed E-state index contributed by atoms with van der Waals surface area (Å²) >= 11 is 0. The van der Waals surface area contributed by atoms with Crippen LogP contribution in [0.5, 0.6) is 0 Å². The van der Waals surface area contributed by atoms with Crippen LogP contribution in [0.1, 0.15) is 26.3 Å². The largest absolute Gasteiger partial charge is 0.378 e. The lowest BCUT2D eigenvalue weighted by Crippen LogP contribution is -2.22. The van der Waals surface area contributed by atoms with Crippen molar-refractivity contribution in [2.75, 3.05) is 24.3 Å². The van der Waals surface area contributed by atoms with E-state index in [2.05, 4.69) is 42.4 Å². The van der Waals surface area contributed by atoms with Gasteiger partial charge in [-0.2, -0.15) is 5.10 Å². The van der Waals surface area contributed by atoms with E-state index >= 15 is 0 Å². The predicted molar refractivity (Wildman–Crippen MR) is 83.1 cm³/mol. The molecule has 2 rings (SSSR count). The highest BCUT2D eigenvalue weighted by Crippen LogP contribution is 2.21. The van der Waals surface area contributed by atoms with E-state index in [9.17, 15) is 0 Å². The molecule has 0 saturated heterocycles. The van der Waals surface area contributed by atoms with Crippen LogP contribution in [0.25, 0.3) is 0 Å². The highest BCUT2D eigenvalue weighted by molar-refractivity contribution is 5.64. The van der Waals surface area contributed by atoms with Gasteiger partial charge in [-0.15, -0.1) is 0 Å². The van der Waals surface area contributed by atoms with E-state index in [1.54, 1.807) is 6.20 Å². The van der Waals surface area contributed by atoms with Gasteiger partial charge >= 0.3 is 0 Å². The second kappa shape index (κ2) is 5.53. The maximum Gasteiger partial charge on any atom is 0.151 e. The predicted octanol–water partition coefficient (Wildman–Crippen LogP) is 2.71. The second-order valence-electron chi connectivity index (χ2n) is 6.09. The number of hydrogen-bond acceptors (Lipinski definition) is 4. The Bertz CT molecular complexity index is 566. The van der Waals surface area contributed by atoms with E-state index in [1.807, 2.05) is 42.0 Å². The highest BCUT2D eigenvalue weighted by atomic mass is 15.3. The molecule has 2 heterocycles. The van der Waals surface area contributed by atoms with Crippen molar-refractivity contribution in [3.05, 3.63) is 36.3 Å². The molecule has 5 nitrogen and oxygen atoms in total. The van der Waals surface area contributed by atoms with Gasteiger partial charge in [0.25, 0.3) is 0 Å². The summed E-state index contributed by atoms with van der Waals surface area (Å²) < 4.78 is 1.99. The minimum absolute atomic E-state index is 0.0152. The fourth-order valence-electron chi connectivity index (χ4n) is 1.91. The van der Waals surface area contributed by atoms with Crippen molar-refractivity contribution in [1.29, 1.82) is 0 Å². The quantitative estimate of drug-likeness (QED) is 0.930. The monoisotopic (exact) mass is 273 g/mol. The van der Waals surface area contributed by atoms with Crippen LogP contribution in [-0.4, -0.2) is 28.9 Å². The van der Waals surface area contributed by atoms with Crippen LogP contribution in [0.4, 0.5) is 11.5 Å². The third-order valence-corrected chi connectivity index (χ3v) is 3.02. The molecule has 0 unspecified atom stereocenters. The van der Waals surface area contributed by atoms with Crippen molar-refractivity contribution >= 4 is 11.5 Å². The fraction of sp³-hybridized carbons (Fsp3) is 0.467. The van der Waals surface area contributed by atoms with Crippen LogP contribution in [-0.2, 0) is 12.1 Å². The molecule has 0 saturated carbocycles. The van der Waals surface area contributed by atoms with Crippen molar-refractivity contribution in [3.8, 4) is 0 Å². The van der Waals surface area contributed by atoms with Crippen molar-refractivity contribution in [3.63, 3.8) is 0 Å². The topological polar surface area (TPSA) is 46.0 Å². The van der Waals surface area contributed by atoms with Crippen molar-refractivity contribution in [2.45, 2.75) is 32.9 Å². The number of nitrogens with zero attached hydrogens (tertiary/aromatic N) is 4. The Labute approximate surface area is 120 Å². The van der Waals surface area contributed by atoms with E-state index < -0.39 is 0 Å². The van der Waals surface area contributed by atoms with Gasteiger partial charge in [-0.25, -0.2) is 4.98 Å². The third kappa shape index (κ3) is 3.29. The molecular weight excluding hydrogens is 250 g/mol. The molecule has 0 aromatic carbocycles. The number of hydrogen-bond donors (Lipinski definition) is 1. The van der Waals surface area contributed by atoms with E-state index in [-0.39, 0.29) is 5.54 Å². The second-order valence-corrected chi connectivity index (χ2v) is 6.09. The van der Waals surface area contributed by atoms with Gasteiger partial charge in [0.05, 0.1) is 17.4 Å². The Morgan fingerprint density at radius 2 is 2.05 bits per heavy atom. The number of anilines is 2. The van der Waals surface area contributed by atoms with E-state index in [0.29, 0.717) is 0 Å². The normalized spacial score (nSPS) is 11.4.